The second kappa shape index (κ2) is 9.30. The topological polar surface area (TPSA) is 50.4 Å². The van der Waals surface area contributed by atoms with Crippen molar-refractivity contribution in [1.29, 1.82) is 0 Å². The van der Waals surface area contributed by atoms with Crippen LogP contribution in [-0.4, -0.2) is 19.0 Å². The first-order valence-corrected chi connectivity index (χ1v) is 6.40. The standard InChI is InChI=1S/C13H17BrFN3.HI/c1-9(2)8-18-13(16)17-6-5-10-3-4-12(15)11(14)7-10;/h3-4,7H,1,5-6,8H2,2H3,(H3,16,17,18);1H. The summed E-state index contributed by atoms with van der Waals surface area (Å²) in [6.45, 7) is 6.82. The van der Waals surface area contributed by atoms with Crippen molar-refractivity contribution in [3.63, 3.8) is 0 Å². The summed E-state index contributed by atoms with van der Waals surface area (Å²) >= 11 is 3.15. The molecule has 0 heterocycles. The molecule has 0 aliphatic rings. The van der Waals surface area contributed by atoms with Crippen LogP contribution in [0.15, 0.2) is 39.8 Å². The van der Waals surface area contributed by atoms with Gasteiger partial charge in [0.15, 0.2) is 5.96 Å². The van der Waals surface area contributed by atoms with Crippen LogP contribution >= 0.6 is 39.9 Å². The number of aliphatic imine (C=N–C) groups is 1. The van der Waals surface area contributed by atoms with E-state index < -0.39 is 0 Å². The van der Waals surface area contributed by atoms with E-state index in [4.69, 9.17) is 5.73 Å². The predicted octanol–water partition coefficient (Wildman–Crippen LogP) is 3.23. The third kappa shape index (κ3) is 7.51. The van der Waals surface area contributed by atoms with E-state index in [0.717, 1.165) is 17.6 Å². The molecule has 0 saturated carbocycles. The molecule has 0 atom stereocenters. The molecular formula is C13H18BrFIN3. The Balaban J connectivity index is 0.00000324. The summed E-state index contributed by atoms with van der Waals surface area (Å²) < 4.78 is 13.5. The number of hydrogen-bond donors (Lipinski definition) is 2. The average Bonchev–Trinajstić information content (AvgIpc) is 2.31. The Kier molecular flexibility index (Phi) is 8.99. The molecule has 1 rings (SSSR count). The molecule has 1 aromatic carbocycles. The van der Waals surface area contributed by atoms with E-state index in [9.17, 15) is 4.39 Å². The van der Waals surface area contributed by atoms with Gasteiger partial charge in [0, 0.05) is 6.54 Å². The normalized spacial score (nSPS) is 10.8. The molecule has 0 aliphatic carbocycles. The van der Waals surface area contributed by atoms with Gasteiger partial charge in [0.25, 0.3) is 0 Å². The number of benzene rings is 1. The molecule has 3 nitrogen and oxygen atoms in total. The summed E-state index contributed by atoms with van der Waals surface area (Å²) in [6, 6.07) is 4.96. The van der Waals surface area contributed by atoms with Crippen LogP contribution in [0.25, 0.3) is 0 Å². The zero-order valence-corrected chi connectivity index (χ0v) is 14.7. The minimum absolute atomic E-state index is 0. The fourth-order valence-corrected chi connectivity index (χ4v) is 1.73. The van der Waals surface area contributed by atoms with E-state index in [1.165, 1.54) is 6.07 Å². The van der Waals surface area contributed by atoms with Gasteiger partial charge in [-0.05, 0) is 47.0 Å². The second-order valence-corrected chi connectivity index (χ2v) is 4.94. The molecule has 0 spiro atoms. The van der Waals surface area contributed by atoms with Crippen LogP contribution in [0.3, 0.4) is 0 Å². The largest absolute Gasteiger partial charge is 0.370 e. The van der Waals surface area contributed by atoms with E-state index in [-0.39, 0.29) is 29.8 Å². The van der Waals surface area contributed by atoms with E-state index in [0.29, 0.717) is 23.5 Å². The molecule has 0 amide bonds. The molecule has 0 bridgehead atoms. The first-order valence-electron chi connectivity index (χ1n) is 5.61. The Morgan fingerprint density at radius 3 is 2.79 bits per heavy atom. The number of rotatable bonds is 5. The first-order chi connectivity index (χ1) is 8.49. The lowest BCUT2D eigenvalue weighted by Gasteiger charge is -2.06. The Hall–Kier alpha value is -0.630. The molecule has 19 heavy (non-hydrogen) atoms. The fraction of sp³-hybridized carbons (Fsp3) is 0.308. The first kappa shape index (κ1) is 18.4. The van der Waals surface area contributed by atoms with Gasteiger partial charge in [0.05, 0.1) is 11.0 Å². The molecule has 0 aliphatic heterocycles. The van der Waals surface area contributed by atoms with Crippen molar-refractivity contribution in [2.24, 2.45) is 10.7 Å². The summed E-state index contributed by atoms with van der Waals surface area (Å²) in [5.74, 6) is 0.147. The van der Waals surface area contributed by atoms with Crippen LogP contribution in [0.4, 0.5) is 4.39 Å². The molecule has 0 radical (unpaired) electrons. The minimum atomic E-state index is -0.255. The summed E-state index contributed by atoms with van der Waals surface area (Å²) in [4.78, 5) is 4.10. The Labute approximate surface area is 138 Å². The molecule has 0 fully saturated rings. The number of guanidine groups is 1. The molecule has 0 unspecified atom stereocenters. The number of nitrogens with two attached hydrogens (primary N) is 1. The molecule has 1 aromatic rings. The number of nitrogens with zero attached hydrogens (tertiary/aromatic N) is 1. The Bertz CT molecular complexity index is 463. The zero-order valence-electron chi connectivity index (χ0n) is 10.7. The maximum Gasteiger partial charge on any atom is 0.188 e. The van der Waals surface area contributed by atoms with Gasteiger partial charge >= 0.3 is 0 Å². The average molecular weight is 442 g/mol. The molecule has 3 N–H and O–H groups in total. The van der Waals surface area contributed by atoms with Gasteiger partial charge in [-0.3, -0.25) is 0 Å². The summed E-state index contributed by atoms with van der Waals surface area (Å²) in [5.41, 5.74) is 7.66. The highest BCUT2D eigenvalue weighted by atomic mass is 127. The molecular weight excluding hydrogens is 424 g/mol. The highest BCUT2D eigenvalue weighted by Crippen LogP contribution is 2.16. The van der Waals surface area contributed by atoms with Crippen LogP contribution in [-0.2, 0) is 6.42 Å². The molecule has 106 valence electrons. The van der Waals surface area contributed by atoms with Crippen LogP contribution in [0, 0.1) is 5.82 Å². The maximum absolute atomic E-state index is 13.0. The van der Waals surface area contributed by atoms with Crippen molar-refractivity contribution in [3.8, 4) is 0 Å². The van der Waals surface area contributed by atoms with Crippen LogP contribution in [0.1, 0.15) is 12.5 Å². The van der Waals surface area contributed by atoms with Crippen LogP contribution in [0.5, 0.6) is 0 Å². The van der Waals surface area contributed by atoms with Gasteiger partial charge in [0.1, 0.15) is 5.82 Å². The lowest BCUT2D eigenvalue weighted by atomic mass is 10.1. The van der Waals surface area contributed by atoms with Gasteiger partial charge in [-0.2, -0.15) is 0 Å². The van der Waals surface area contributed by atoms with Crippen molar-refractivity contribution in [3.05, 3.63) is 46.2 Å². The number of nitrogens with one attached hydrogen (secondary N) is 1. The van der Waals surface area contributed by atoms with E-state index in [1.54, 1.807) is 12.1 Å². The van der Waals surface area contributed by atoms with Crippen molar-refractivity contribution >= 4 is 45.9 Å². The van der Waals surface area contributed by atoms with Gasteiger partial charge in [0.2, 0.25) is 0 Å². The number of halogens is 3. The highest BCUT2D eigenvalue weighted by Gasteiger charge is 2.00. The minimum Gasteiger partial charge on any atom is -0.370 e. The van der Waals surface area contributed by atoms with Gasteiger partial charge in [-0.1, -0.05) is 18.2 Å². The third-order valence-electron chi connectivity index (χ3n) is 2.22. The third-order valence-corrected chi connectivity index (χ3v) is 2.83. The monoisotopic (exact) mass is 441 g/mol. The lowest BCUT2D eigenvalue weighted by Crippen LogP contribution is -2.33. The highest BCUT2D eigenvalue weighted by molar-refractivity contribution is 14.0. The smallest absolute Gasteiger partial charge is 0.188 e. The van der Waals surface area contributed by atoms with E-state index in [2.05, 4.69) is 32.8 Å². The maximum atomic E-state index is 13.0. The lowest BCUT2D eigenvalue weighted by molar-refractivity contribution is 0.620. The predicted molar refractivity (Wildman–Crippen MR) is 92.5 cm³/mol. The van der Waals surface area contributed by atoms with Gasteiger partial charge in [-0.25, -0.2) is 9.38 Å². The Morgan fingerprint density at radius 1 is 1.53 bits per heavy atom. The SMILES string of the molecule is C=C(C)CN=C(N)NCCc1ccc(F)c(Br)c1.I. The van der Waals surface area contributed by atoms with Crippen LogP contribution < -0.4 is 11.1 Å². The zero-order chi connectivity index (χ0) is 13.5. The van der Waals surface area contributed by atoms with Gasteiger partial charge < -0.3 is 11.1 Å². The summed E-state index contributed by atoms with van der Waals surface area (Å²) in [6.07, 6.45) is 0.752. The second-order valence-electron chi connectivity index (χ2n) is 4.08. The van der Waals surface area contributed by atoms with Gasteiger partial charge in [-0.15, -0.1) is 24.0 Å². The molecule has 0 saturated heterocycles. The quantitative estimate of drug-likeness (QED) is 0.319. The molecule has 6 heteroatoms. The Morgan fingerprint density at radius 2 is 2.21 bits per heavy atom. The summed E-state index contributed by atoms with van der Waals surface area (Å²) in [7, 11) is 0. The van der Waals surface area contributed by atoms with E-state index in [1.807, 2.05) is 6.92 Å². The van der Waals surface area contributed by atoms with Crippen molar-refractivity contribution in [1.82, 2.24) is 5.32 Å². The van der Waals surface area contributed by atoms with Crippen molar-refractivity contribution < 1.29 is 4.39 Å². The van der Waals surface area contributed by atoms with Crippen molar-refractivity contribution in [2.75, 3.05) is 13.1 Å². The van der Waals surface area contributed by atoms with Crippen molar-refractivity contribution in [2.45, 2.75) is 13.3 Å². The van der Waals surface area contributed by atoms with E-state index >= 15 is 0 Å². The summed E-state index contributed by atoms with van der Waals surface area (Å²) in [5, 5.41) is 3.00. The van der Waals surface area contributed by atoms with Crippen LogP contribution in [0.2, 0.25) is 0 Å². The fourth-order valence-electron chi connectivity index (χ4n) is 1.31. The molecule has 0 aromatic heterocycles. The number of hydrogen-bond acceptors (Lipinski definition) is 1.